The van der Waals surface area contributed by atoms with E-state index < -0.39 is 0 Å². The number of nitrogens with zero attached hydrogens (tertiary/aromatic N) is 1. The quantitative estimate of drug-likeness (QED) is 0.665. The van der Waals surface area contributed by atoms with Gasteiger partial charge < -0.3 is 15.0 Å². The molecular weight excluding hydrogens is 264 g/mol. The Morgan fingerprint density at radius 1 is 1.29 bits per heavy atom. The number of carbonyl (C=O) groups is 1. The van der Waals surface area contributed by atoms with Crippen molar-refractivity contribution >= 4 is 5.91 Å². The third-order valence-electron chi connectivity index (χ3n) is 4.23. The summed E-state index contributed by atoms with van der Waals surface area (Å²) in [5.41, 5.74) is 0. The first-order chi connectivity index (χ1) is 10.0. The Bertz CT molecular complexity index is 287. The van der Waals surface area contributed by atoms with Crippen molar-refractivity contribution in [2.45, 2.75) is 46.5 Å². The average molecular weight is 298 g/mol. The molecule has 1 amide bonds. The molecule has 4 nitrogen and oxygen atoms in total. The van der Waals surface area contributed by atoms with E-state index >= 15 is 0 Å². The van der Waals surface area contributed by atoms with Gasteiger partial charge in [-0.1, -0.05) is 20.8 Å². The third-order valence-corrected chi connectivity index (χ3v) is 4.23. The molecule has 0 aliphatic carbocycles. The fraction of sp³-hybridized carbons (Fsp3) is 0.941. The molecular formula is C17H34N2O2. The Morgan fingerprint density at radius 2 is 1.95 bits per heavy atom. The van der Waals surface area contributed by atoms with Crippen molar-refractivity contribution in [3.63, 3.8) is 0 Å². The van der Waals surface area contributed by atoms with Crippen LogP contribution in [0.2, 0.25) is 0 Å². The van der Waals surface area contributed by atoms with Gasteiger partial charge in [0.05, 0.1) is 0 Å². The van der Waals surface area contributed by atoms with Crippen LogP contribution in [0.25, 0.3) is 0 Å². The Kier molecular flexibility index (Phi) is 8.93. The minimum absolute atomic E-state index is 0.212. The summed E-state index contributed by atoms with van der Waals surface area (Å²) >= 11 is 0. The summed E-state index contributed by atoms with van der Waals surface area (Å²) in [7, 11) is 1.69. The highest BCUT2D eigenvalue weighted by Gasteiger charge is 2.25. The summed E-state index contributed by atoms with van der Waals surface area (Å²) in [4.78, 5) is 14.6. The first kappa shape index (κ1) is 18.4. The highest BCUT2D eigenvalue weighted by Crippen LogP contribution is 2.20. The number of carbonyl (C=O) groups excluding carboxylic acids is 1. The molecule has 0 radical (unpaired) electrons. The summed E-state index contributed by atoms with van der Waals surface area (Å²) in [6.45, 7) is 11.7. The maximum Gasteiger partial charge on any atom is 0.223 e. The lowest BCUT2D eigenvalue weighted by Crippen LogP contribution is -2.42. The van der Waals surface area contributed by atoms with Crippen molar-refractivity contribution < 1.29 is 9.53 Å². The molecule has 0 spiro atoms. The standard InChI is InChI=1S/C17H34N2O2/c1-14(2)12-15(3)13-19-9-6-16(7-10-19)17(20)18-8-5-11-21-4/h14-16H,5-13H2,1-4H3,(H,18,20). The fourth-order valence-electron chi connectivity index (χ4n) is 3.27. The molecule has 1 aliphatic rings. The van der Waals surface area contributed by atoms with Gasteiger partial charge in [0.25, 0.3) is 0 Å². The normalized spacial score (nSPS) is 18.9. The second kappa shape index (κ2) is 10.2. The number of rotatable bonds is 9. The predicted molar refractivity (Wildman–Crippen MR) is 87.3 cm³/mol. The Morgan fingerprint density at radius 3 is 2.52 bits per heavy atom. The highest BCUT2D eigenvalue weighted by molar-refractivity contribution is 5.78. The Labute approximate surface area is 130 Å². The molecule has 21 heavy (non-hydrogen) atoms. The van der Waals surface area contributed by atoms with Crippen molar-refractivity contribution in [2.75, 3.05) is 39.9 Å². The van der Waals surface area contributed by atoms with Crippen molar-refractivity contribution in [1.82, 2.24) is 10.2 Å². The zero-order chi connectivity index (χ0) is 15.7. The third kappa shape index (κ3) is 7.82. The van der Waals surface area contributed by atoms with Gasteiger partial charge in [0.1, 0.15) is 0 Å². The zero-order valence-electron chi connectivity index (χ0n) is 14.4. The van der Waals surface area contributed by atoms with Crippen LogP contribution < -0.4 is 5.32 Å². The molecule has 0 bridgehead atoms. The van der Waals surface area contributed by atoms with Crippen molar-refractivity contribution in [1.29, 1.82) is 0 Å². The first-order valence-corrected chi connectivity index (χ1v) is 8.52. The van der Waals surface area contributed by atoms with E-state index in [4.69, 9.17) is 4.74 Å². The molecule has 4 heteroatoms. The summed E-state index contributed by atoms with van der Waals surface area (Å²) in [6, 6.07) is 0. The van der Waals surface area contributed by atoms with Crippen LogP contribution in [0.1, 0.15) is 46.5 Å². The second-order valence-corrected chi connectivity index (χ2v) is 6.95. The number of piperidine rings is 1. The van der Waals surface area contributed by atoms with E-state index in [2.05, 4.69) is 31.0 Å². The van der Waals surface area contributed by atoms with E-state index in [-0.39, 0.29) is 11.8 Å². The number of hydrogen-bond donors (Lipinski definition) is 1. The van der Waals surface area contributed by atoms with Crippen LogP contribution in [0.3, 0.4) is 0 Å². The monoisotopic (exact) mass is 298 g/mol. The number of nitrogens with one attached hydrogen (secondary N) is 1. The molecule has 0 aromatic heterocycles. The minimum Gasteiger partial charge on any atom is -0.385 e. The summed E-state index contributed by atoms with van der Waals surface area (Å²) in [5, 5.41) is 3.03. The van der Waals surface area contributed by atoms with Crippen LogP contribution >= 0.6 is 0 Å². The molecule has 1 heterocycles. The van der Waals surface area contributed by atoms with Gasteiger partial charge in [-0.3, -0.25) is 4.79 Å². The maximum atomic E-state index is 12.1. The van der Waals surface area contributed by atoms with Gasteiger partial charge in [0, 0.05) is 32.7 Å². The van der Waals surface area contributed by atoms with Crippen LogP contribution in [0.15, 0.2) is 0 Å². The molecule has 1 aliphatic heterocycles. The molecule has 1 atom stereocenters. The SMILES string of the molecule is COCCCNC(=O)C1CCN(CC(C)CC(C)C)CC1. The predicted octanol–water partition coefficient (Wildman–Crippen LogP) is 2.53. The van der Waals surface area contributed by atoms with Gasteiger partial charge in [-0.25, -0.2) is 0 Å². The molecule has 1 N–H and O–H groups in total. The van der Waals surface area contributed by atoms with Gasteiger partial charge in [-0.2, -0.15) is 0 Å². The molecule has 1 fully saturated rings. The molecule has 1 rings (SSSR count). The van der Waals surface area contributed by atoms with E-state index in [0.717, 1.165) is 50.7 Å². The first-order valence-electron chi connectivity index (χ1n) is 8.52. The summed E-state index contributed by atoms with van der Waals surface area (Å²) in [5.74, 6) is 1.98. The van der Waals surface area contributed by atoms with Gasteiger partial charge in [0.15, 0.2) is 0 Å². The number of amides is 1. The second-order valence-electron chi connectivity index (χ2n) is 6.95. The molecule has 1 unspecified atom stereocenters. The maximum absolute atomic E-state index is 12.1. The van der Waals surface area contributed by atoms with Crippen molar-refractivity contribution in [3.8, 4) is 0 Å². The largest absolute Gasteiger partial charge is 0.385 e. The van der Waals surface area contributed by atoms with Crippen LogP contribution in [0.5, 0.6) is 0 Å². The lowest BCUT2D eigenvalue weighted by Gasteiger charge is -2.33. The van der Waals surface area contributed by atoms with E-state index in [9.17, 15) is 4.79 Å². The fourth-order valence-corrected chi connectivity index (χ4v) is 3.27. The smallest absolute Gasteiger partial charge is 0.223 e. The Hall–Kier alpha value is -0.610. The summed E-state index contributed by atoms with van der Waals surface area (Å²) < 4.78 is 4.99. The van der Waals surface area contributed by atoms with Crippen LogP contribution in [0, 0.1) is 17.8 Å². The molecule has 0 saturated carbocycles. The van der Waals surface area contributed by atoms with Crippen LogP contribution in [0.4, 0.5) is 0 Å². The molecule has 124 valence electrons. The van der Waals surface area contributed by atoms with Crippen molar-refractivity contribution in [3.05, 3.63) is 0 Å². The van der Waals surface area contributed by atoms with Gasteiger partial charge in [0.2, 0.25) is 5.91 Å². The van der Waals surface area contributed by atoms with Gasteiger partial charge in [-0.05, 0) is 50.6 Å². The lowest BCUT2D eigenvalue weighted by molar-refractivity contribution is -0.126. The number of methoxy groups -OCH3 is 1. The number of hydrogen-bond acceptors (Lipinski definition) is 3. The molecule has 1 saturated heterocycles. The topological polar surface area (TPSA) is 41.6 Å². The van der Waals surface area contributed by atoms with Gasteiger partial charge >= 0.3 is 0 Å². The Balaban J connectivity index is 2.17. The van der Waals surface area contributed by atoms with Gasteiger partial charge in [-0.15, -0.1) is 0 Å². The minimum atomic E-state index is 0.212. The van der Waals surface area contributed by atoms with Crippen LogP contribution in [-0.2, 0) is 9.53 Å². The number of likely N-dealkylation sites (tertiary alicyclic amines) is 1. The van der Waals surface area contributed by atoms with E-state index in [1.54, 1.807) is 7.11 Å². The molecule has 0 aromatic carbocycles. The molecule has 0 aromatic rings. The zero-order valence-corrected chi connectivity index (χ0v) is 14.4. The highest BCUT2D eigenvalue weighted by atomic mass is 16.5. The van der Waals surface area contributed by atoms with Crippen LogP contribution in [-0.4, -0.2) is 50.7 Å². The van der Waals surface area contributed by atoms with E-state index in [1.165, 1.54) is 13.0 Å². The lowest BCUT2D eigenvalue weighted by atomic mass is 9.93. The van der Waals surface area contributed by atoms with E-state index in [0.29, 0.717) is 6.61 Å². The van der Waals surface area contributed by atoms with E-state index in [1.807, 2.05) is 0 Å². The number of ether oxygens (including phenoxy) is 1. The average Bonchev–Trinajstić information content (AvgIpc) is 2.43. The van der Waals surface area contributed by atoms with Crippen molar-refractivity contribution in [2.24, 2.45) is 17.8 Å². The summed E-state index contributed by atoms with van der Waals surface area (Å²) in [6.07, 6.45) is 4.20.